The van der Waals surface area contributed by atoms with Crippen molar-refractivity contribution in [2.45, 2.75) is 32.7 Å². The zero-order chi connectivity index (χ0) is 13.0. The molecule has 0 radical (unpaired) electrons. The van der Waals surface area contributed by atoms with Gasteiger partial charge in [0.25, 0.3) is 0 Å². The molecule has 3 heteroatoms. The van der Waals surface area contributed by atoms with Crippen LogP contribution in [0.5, 0.6) is 0 Å². The standard InChI is InChI=1S/C15H21NO2/c1-3-18-15(17)14-10-13(9-11(14)2)16-12-7-5-4-6-8-12/h4-8,11,13-14,16H,3,9-10H2,1-2H3/t11-,13-,14+/m1/s1. The summed E-state index contributed by atoms with van der Waals surface area (Å²) in [5.41, 5.74) is 1.12. The Hall–Kier alpha value is -1.51. The number of hydrogen-bond donors (Lipinski definition) is 1. The molecule has 3 nitrogen and oxygen atoms in total. The number of esters is 1. The first kappa shape index (κ1) is 12.9. The maximum atomic E-state index is 11.8. The molecule has 0 heterocycles. The second-order valence-electron chi connectivity index (χ2n) is 5.01. The van der Waals surface area contributed by atoms with Crippen molar-refractivity contribution in [1.29, 1.82) is 0 Å². The molecule has 1 aliphatic rings. The molecular weight excluding hydrogens is 226 g/mol. The summed E-state index contributed by atoms with van der Waals surface area (Å²) in [4.78, 5) is 11.8. The van der Waals surface area contributed by atoms with Crippen LogP contribution in [-0.2, 0) is 9.53 Å². The van der Waals surface area contributed by atoms with Gasteiger partial charge in [-0.05, 0) is 37.8 Å². The fourth-order valence-electron chi connectivity index (χ4n) is 2.71. The van der Waals surface area contributed by atoms with Crippen molar-refractivity contribution in [3.8, 4) is 0 Å². The average molecular weight is 247 g/mol. The van der Waals surface area contributed by atoms with Crippen molar-refractivity contribution in [3.63, 3.8) is 0 Å². The molecule has 0 saturated heterocycles. The molecule has 1 fully saturated rings. The third-order valence-corrected chi connectivity index (χ3v) is 3.62. The van der Waals surface area contributed by atoms with Crippen LogP contribution in [0.1, 0.15) is 26.7 Å². The summed E-state index contributed by atoms with van der Waals surface area (Å²) in [6, 6.07) is 10.5. The van der Waals surface area contributed by atoms with Crippen molar-refractivity contribution >= 4 is 11.7 Å². The Kier molecular flexibility index (Phi) is 4.24. The van der Waals surface area contributed by atoms with E-state index in [2.05, 4.69) is 24.4 Å². The fourth-order valence-corrected chi connectivity index (χ4v) is 2.71. The summed E-state index contributed by atoms with van der Waals surface area (Å²) >= 11 is 0. The minimum absolute atomic E-state index is 0.0395. The smallest absolute Gasteiger partial charge is 0.309 e. The fraction of sp³-hybridized carbons (Fsp3) is 0.533. The summed E-state index contributed by atoms with van der Waals surface area (Å²) < 4.78 is 5.13. The summed E-state index contributed by atoms with van der Waals surface area (Å²) in [7, 11) is 0. The molecular formula is C15H21NO2. The predicted molar refractivity (Wildman–Crippen MR) is 72.4 cm³/mol. The Morgan fingerprint density at radius 1 is 1.33 bits per heavy atom. The monoisotopic (exact) mass is 247 g/mol. The topological polar surface area (TPSA) is 38.3 Å². The molecule has 0 spiro atoms. The highest BCUT2D eigenvalue weighted by atomic mass is 16.5. The third-order valence-electron chi connectivity index (χ3n) is 3.62. The normalized spacial score (nSPS) is 26.9. The first-order valence-electron chi connectivity index (χ1n) is 6.69. The average Bonchev–Trinajstić information content (AvgIpc) is 2.72. The van der Waals surface area contributed by atoms with E-state index in [4.69, 9.17) is 4.74 Å². The number of para-hydroxylation sites is 1. The van der Waals surface area contributed by atoms with Gasteiger partial charge in [-0.2, -0.15) is 0 Å². The minimum Gasteiger partial charge on any atom is -0.466 e. The van der Waals surface area contributed by atoms with Gasteiger partial charge in [0.2, 0.25) is 0 Å². The first-order chi connectivity index (χ1) is 8.70. The summed E-state index contributed by atoms with van der Waals surface area (Å²) in [5, 5.41) is 3.49. The van der Waals surface area contributed by atoms with Gasteiger partial charge in [-0.1, -0.05) is 25.1 Å². The molecule has 0 amide bonds. The van der Waals surface area contributed by atoms with Gasteiger partial charge >= 0.3 is 5.97 Å². The highest BCUT2D eigenvalue weighted by molar-refractivity contribution is 5.73. The molecule has 0 unspecified atom stereocenters. The molecule has 1 saturated carbocycles. The predicted octanol–water partition coefficient (Wildman–Crippen LogP) is 3.08. The molecule has 0 aromatic heterocycles. The maximum Gasteiger partial charge on any atom is 0.309 e. The molecule has 1 aromatic rings. The van der Waals surface area contributed by atoms with Crippen LogP contribution in [0, 0.1) is 11.8 Å². The molecule has 1 aromatic carbocycles. The summed E-state index contributed by atoms with van der Waals surface area (Å²) in [6.45, 7) is 4.46. The molecule has 3 atom stereocenters. The van der Waals surface area contributed by atoms with Gasteiger partial charge in [-0.15, -0.1) is 0 Å². The Bertz CT molecular complexity index is 391. The van der Waals surface area contributed by atoms with E-state index >= 15 is 0 Å². The zero-order valence-electron chi connectivity index (χ0n) is 11.1. The Morgan fingerprint density at radius 3 is 2.72 bits per heavy atom. The van der Waals surface area contributed by atoms with Crippen LogP contribution in [0.4, 0.5) is 5.69 Å². The molecule has 0 bridgehead atoms. The maximum absolute atomic E-state index is 11.8. The lowest BCUT2D eigenvalue weighted by atomic mass is 9.99. The molecule has 0 aliphatic heterocycles. The van der Waals surface area contributed by atoms with Crippen LogP contribution in [0.25, 0.3) is 0 Å². The number of rotatable bonds is 4. The lowest BCUT2D eigenvalue weighted by Crippen LogP contribution is -2.21. The van der Waals surface area contributed by atoms with Crippen molar-refractivity contribution in [1.82, 2.24) is 0 Å². The van der Waals surface area contributed by atoms with Crippen LogP contribution >= 0.6 is 0 Å². The van der Waals surface area contributed by atoms with E-state index < -0.39 is 0 Å². The summed E-state index contributed by atoms with van der Waals surface area (Å²) in [5.74, 6) is 0.402. The van der Waals surface area contributed by atoms with Gasteiger partial charge < -0.3 is 10.1 Å². The van der Waals surface area contributed by atoms with Crippen molar-refractivity contribution in [3.05, 3.63) is 30.3 Å². The van der Waals surface area contributed by atoms with Crippen LogP contribution < -0.4 is 5.32 Å². The van der Waals surface area contributed by atoms with Gasteiger partial charge in [-0.25, -0.2) is 0 Å². The van der Waals surface area contributed by atoms with Gasteiger partial charge in [-0.3, -0.25) is 4.79 Å². The number of ether oxygens (including phenoxy) is 1. The van der Waals surface area contributed by atoms with E-state index in [0.29, 0.717) is 18.6 Å². The number of hydrogen-bond acceptors (Lipinski definition) is 3. The Balaban J connectivity index is 1.92. The van der Waals surface area contributed by atoms with E-state index in [1.54, 1.807) is 0 Å². The number of benzene rings is 1. The molecule has 2 rings (SSSR count). The second-order valence-corrected chi connectivity index (χ2v) is 5.01. The molecule has 18 heavy (non-hydrogen) atoms. The van der Waals surface area contributed by atoms with E-state index in [0.717, 1.165) is 18.5 Å². The van der Waals surface area contributed by atoms with Crippen LogP contribution in [-0.4, -0.2) is 18.6 Å². The third kappa shape index (κ3) is 3.03. The van der Waals surface area contributed by atoms with Gasteiger partial charge in [0.15, 0.2) is 0 Å². The largest absolute Gasteiger partial charge is 0.466 e. The zero-order valence-corrected chi connectivity index (χ0v) is 11.1. The van der Waals surface area contributed by atoms with Crippen molar-refractivity contribution < 1.29 is 9.53 Å². The van der Waals surface area contributed by atoms with E-state index in [9.17, 15) is 4.79 Å². The highest BCUT2D eigenvalue weighted by Crippen LogP contribution is 2.34. The SMILES string of the molecule is CCOC(=O)[C@H]1C[C@H](Nc2ccccc2)C[C@H]1C. The Morgan fingerprint density at radius 2 is 2.06 bits per heavy atom. The second kappa shape index (κ2) is 5.89. The van der Waals surface area contributed by atoms with Gasteiger partial charge in [0, 0.05) is 11.7 Å². The molecule has 98 valence electrons. The van der Waals surface area contributed by atoms with Crippen LogP contribution in [0.2, 0.25) is 0 Å². The Labute approximate surface area is 109 Å². The summed E-state index contributed by atoms with van der Waals surface area (Å²) in [6.07, 6.45) is 1.90. The number of carbonyl (C=O) groups excluding carboxylic acids is 1. The lowest BCUT2D eigenvalue weighted by Gasteiger charge is -2.14. The van der Waals surface area contributed by atoms with Crippen LogP contribution in [0.3, 0.4) is 0 Å². The van der Waals surface area contributed by atoms with Gasteiger partial charge in [0.1, 0.15) is 0 Å². The van der Waals surface area contributed by atoms with Crippen molar-refractivity contribution in [2.24, 2.45) is 11.8 Å². The number of carbonyl (C=O) groups is 1. The number of anilines is 1. The first-order valence-corrected chi connectivity index (χ1v) is 6.69. The number of nitrogens with one attached hydrogen (secondary N) is 1. The molecule has 1 aliphatic carbocycles. The lowest BCUT2D eigenvalue weighted by molar-refractivity contribution is -0.149. The van der Waals surface area contributed by atoms with Crippen LogP contribution in [0.15, 0.2) is 30.3 Å². The van der Waals surface area contributed by atoms with E-state index in [1.807, 2.05) is 25.1 Å². The van der Waals surface area contributed by atoms with Crippen molar-refractivity contribution in [2.75, 3.05) is 11.9 Å². The van der Waals surface area contributed by atoms with E-state index in [-0.39, 0.29) is 11.9 Å². The minimum atomic E-state index is -0.0395. The highest BCUT2D eigenvalue weighted by Gasteiger charge is 2.36. The quantitative estimate of drug-likeness (QED) is 0.831. The van der Waals surface area contributed by atoms with E-state index in [1.165, 1.54) is 0 Å². The van der Waals surface area contributed by atoms with Gasteiger partial charge in [0.05, 0.1) is 12.5 Å². The molecule has 1 N–H and O–H groups in total.